The van der Waals surface area contributed by atoms with Gasteiger partial charge in [0.05, 0.1) is 13.2 Å². The molecule has 0 saturated heterocycles. The van der Waals surface area contributed by atoms with Crippen LogP contribution in [0.5, 0.6) is 0 Å². The van der Waals surface area contributed by atoms with Gasteiger partial charge < -0.3 is 29.9 Å². The molecule has 0 aromatic heterocycles. The Morgan fingerprint density at radius 3 is 1.11 bits per heavy atom. The van der Waals surface area contributed by atoms with Crippen LogP contribution in [0.4, 0.5) is 0 Å². The van der Waals surface area contributed by atoms with Gasteiger partial charge in [-0.3, -0.25) is 0 Å². The molecule has 0 unspecified atom stereocenters. The van der Waals surface area contributed by atoms with Crippen LogP contribution in [0.25, 0.3) is 0 Å². The fourth-order valence-electron chi connectivity index (χ4n) is 2.56. The number of aliphatic hydroxyl groups is 2. The van der Waals surface area contributed by atoms with Crippen molar-refractivity contribution < 1.29 is 49.1 Å². The van der Waals surface area contributed by atoms with Gasteiger partial charge in [-0.1, -0.05) is 78.1 Å². The highest BCUT2D eigenvalue weighted by Gasteiger charge is 1.99. The van der Waals surface area contributed by atoms with E-state index in [1.807, 2.05) is 0 Å². The number of rotatable bonds is 20. The minimum atomic E-state index is -1.14. The van der Waals surface area contributed by atoms with Gasteiger partial charge in [-0.2, -0.15) is 0 Å². The Morgan fingerprint density at radius 2 is 0.838 bits per heavy atom. The summed E-state index contributed by atoms with van der Waals surface area (Å²) in [4.78, 5) is 42.0. The second-order valence-electron chi connectivity index (χ2n) is 8.01. The molecule has 0 aliphatic rings. The van der Waals surface area contributed by atoms with Gasteiger partial charge in [-0.25, -0.2) is 19.2 Å². The van der Waals surface area contributed by atoms with Crippen molar-refractivity contribution in [1.29, 1.82) is 0 Å². The first-order valence-electron chi connectivity index (χ1n) is 13.1. The highest BCUT2D eigenvalue weighted by Crippen LogP contribution is 2.05. The van der Waals surface area contributed by atoms with Gasteiger partial charge >= 0.3 is 23.9 Å². The number of carbonyl (C=O) groups excluding carboxylic acids is 2. The summed E-state index contributed by atoms with van der Waals surface area (Å²) in [5.74, 6) is -3.46. The smallest absolute Gasteiger partial charge is 0.331 e. The Morgan fingerprint density at radius 1 is 0.514 bits per heavy atom. The minimum absolute atomic E-state index is 0.0938. The molecule has 0 fully saturated rings. The topological polar surface area (TPSA) is 168 Å². The number of ether oxygens (including phenoxy) is 2. The number of carboxylic acids is 2. The van der Waals surface area contributed by atoms with E-state index in [1.54, 1.807) is 0 Å². The van der Waals surface area contributed by atoms with Crippen molar-refractivity contribution in [2.75, 3.05) is 26.4 Å². The van der Waals surface area contributed by atoms with Crippen molar-refractivity contribution in [1.82, 2.24) is 0 Å². The van der Waals surface area contributed by atoms with Crippen LogP contribution < -0.4 is 0 Å². The average Bonchev–Trinajstić information content (AvgIpc) is 2.86. The Balaban J connectivity index is -0.000000528. The molecule has 0 spiro atoms. The number of unbranched alkanes of at least 4 members (excludes halogenated alkanes) is 10. The fourth-order valence-corrected chi connectivity index (χ4v) is 2.56. The van der Waals surface area contributed by atoms with Crippen LogP contribution in [0, 0.1) is 0 Å². The summed E-state index contributed by atoms with van der Waals surface area (Å²) in [6.07, 6.45) is 17.4. The van der Waals surface area contributed by atoms with E-state index in [9.17, 15) is 19.2 Å². The second-order valence-corrected chi connectivity index (χ2v) is 8.01. The van der Waals surface area contributed by atoms with E-state index in [0.29, 0.717) is 19.6 Å². The molecule has 0 saturated carbocycles. The van der Waals surface area contributed by atoms with Gasteiger partial charge in [0.1, 0.15) is 0 Å². The average molecular weight is 533 g/mol. The minimum Gasteiger partial charge on any atom is -0.478 e. The lowest BCUT2D eigenvalue weighted by Gasteiger charge is -2.01. The van der Waals surface area contributed by atoms with Crippen molar-refractivity contribution in [2.45, 2.75) is 97.3 Å². The van der Waals surface area contributed by atoms with Crippen molar-refractivity contribution in [3.8, 4) is 0 Å². The third kappa shape index (κ3) is 43.8. The van der Waals surface area contributed by atoms with Gasteiger partial charge in [0.2, 0.25) is 0 Å². The summed E-state index contributed by atoms with van der Waals surface area (Å²) in [6, 6.07) is 0. The lowest BCUT2D eigenvalue weighted by molar-refractivity contribution is -0.139. The van der Waals surface area contributed by atoms with E-state index in [2.05, 4.69) is 13.8 Å². The molecule has 0 aromatic rings. The Hall–Kier alpha value is -2.72. The van der Waals surface area contributed by atoms with E-state index in [-0.39, 0.29) is 13.2 Å². The predicted molar refractivity (Wildman–Crippen MR) is 141 cm³/mol. The monoisotopic (exact) mass is 532 g/mol. The number of hydrogen-bond acceptors (Lipinski definition) is 8. The molecule has 37 heavy (non-hydrogen) atoms. The van der Waals surface area contributed by atoms with Crippen molar-refractivity contribution >= 4 is 23.9 Å². The SMILES string of the molecule is CCCCCCCCOC(=O)C=CC(=O)O.CCCCCCCCOC(=O)C=CC(=O)O.OCCCO. The Kier molecular flexibility index (Phi) is 34.9. The summed E-state index contributed by atoms with van der Waals surface area (Å²) in [6.45, 7) is 5.25. The summed E-state index contributed by atoms with van der Waals surface area (Å²) in [7, 11) is 0. The number of esters is 2. The zero-order valence-corrected chi connectivity index (χ0v) is 22.6. The first kappa shape index (κ1) is 38.8. The molecule has 10 heteroatoms. The van der Waals surface area contributed by atoms with E-state index < -0.39 is 23.9 Å². The van der Waals surface area contributed by atoms with E-state index in [4.69, 9.17) is 29.9 Å². The van der Waals surface area contributed by atoms with Crippen molar-refractivity contribution in [3.05, 3.63) is 24.3 Å². The van der Waals surface area contributed by atoms with Gasteiger partial charge in [-0.05, 0) is 19.3 Å². The molecule has 0 rings (SSSR count). The maximum atomic E-state index is 10.9. The van der Waals surface area contributed by atoms with Crippen molar-refractivity contribution in [3.63, 3.8) is 0 Å². The largest absolute Gasteiger partial charge is 0.478 e. The molecule has 0 amide bonds. The van der Waals surface area contributed by atoms with E-state index >= 15 is 0 Å². The third-order valence-electron chi connectivity index (χ3n) is 4.52. The summed E-state index contributed by atoms with van der Waals surface area (Å²) in [5.41, 5.74) is 0. The summed E-state index contributed by atoms with van der Waals surface area (Å²) >= 11 is 0. The maximum absolute atomic E-state index is 10.9. The number of carbonyl (C=O) groups is 4. The molecule has 0 aromatic carbocycles. The molecule has 216 valence electrons. The van der Waals surface area contributed by atoms with E-state index in [1.165, 1.54) is 38.5 Å². The number of hydrogen-bond donors (Lipinski definition) is 4. The van der Waals surface area contributed by atoms with Crippen LogP contribution in [0.2, 0.25) is 0 Å². The van der Waals surface area contributed by atoms with Crippen LogP contribution in [-0.4, -0.2) is 70.7 Å². The third-order valence-corrected chi connectivity index (χ3v) is 4.52. The zero-order chi connectivity index (χ0) is 28.6. The Labute approximate surface area is 221 Å². The molecular formula is C27H48O10. The highest BCUT2D eigenvalue weighted by atomic mass is 16.5. The predicted octanol–water partition coefficient (Wildman–Crippen LogP) is 4.42. The van der Waals surface area contributed by atoms with Gasteiger partial charge in [0, 0.05) is 37.5 Å². The van der Waals surface area contributed by atoms with Gasteiger partial charge in [0.15, 0.2) is 0 Å². The first-order chi connectivity index (χ1) is 17.7. The maximum Gasteiger partial charge on any atom is 0.331 e. The highest BCUT2D eigenvalue weighted by molar-refractivity contribution is 5.91. The molecule has 0 aliphatic carbocycles. The quantitative estimate of drug-likeness (QED) is 0.100. The summed E-state index contributed by atoms with van der Waals surface area (Å²) in [5, 5.41) is 32.3. The molecule has 10 nitrogen and oxygen atoms in total. The number of carboxylic acid groups (broad SMARTS) is 2. The molecule has 0 aliphatic heterocycles. The van der Waals surface area contributed by atoms with Crippen LogP contribution >= 0.6 is 0 Å². The Bertz CT molecular complexity index is 562. The zero-order valence-electron chi connectivity index (χ0n) is 22.6. The molecule has 4 N–H and O–H groups in total. The van der Waals surface area contributed by atoms with Gasteiger partial charge in [-0.15, -0.1) is 0 Å². The molecule has 0 heterocycles. The lowest BCUT2D eigenvalue weighted by atomic mass is 10.1. The van der Waals surface area contributed by atoms with Gasteiger partial charge in [0.25, 0.3) is 0 Å². The normalized spacial score (nSPS) is 10.3. The summed E-state index contributed by atoms with van der Waals surface area (Å²) < 4.78 is 9.62. The van der Waals surface area contributed by atoms with Crippen LogP contribution in [0.15, 0.2) is 24.3 Å². The standard InChI is InChI=1S/2C12H20O4.C3H8O2/c2*1-2-3-4-5-6-7-10-16-12(15)9-8-11(13)14;4-2-1-3-5/h2*8-9H,2-7,10H2,1H3,(H,13,14);4-5H,1-3H2. The molecule has 0 bridgehead atoms. The lowest BCUT2D eigenvalue weighted by Crippen LogP contribution is -2.03. The molecular weight excluding hydrogens is 484 g/mol. The van der Waals surface area contributed by atoms with Crippen LogP contribution in [0.1, 0.15) is 97.3 Å². The second kappa shape index (κ2) is 33.3. The number of aliphatic hydroxyl groups excluding tert-OH is 2. The molecule has 0 atom stereocenters. The molecule has 0 radical (unpaired) electrons. The van der Waals surface area contributed by atoms with E-state index in [0.717, 1.165) is 62.8 Å². The van der Waals surface area contributed by atoms with Crippen molar-refractivity contribution in [2.24, 2.45) is 0 Å². The van der Waals surface area contributed by atoms with Crippen LogP contribution in [0.3, 0.4) is 0 Å². The van der Waals surface area contributed by atoms with Crippen LogP contribution in [-0.2, 0) is 28.7 Å². The number of aliphatic carboxylic acids is 2. The first-order valence-corrected chi connectivity index (χ1v) is 13.1. The fraction of sp³-hybridized carbons (Fsp3) is 0.704.